The van der Waals surface area contributed by atoms with E-state index in [0.29, 0.717) is 24.3 Å². The minimum atomic E-state index is -0.377. The third kappa shape index (κ3) is 6.72. The van der Waals surface area contributed by atoms with E-state index in [1.165, 1.54) is 0 Å². The monoisotopic (exact) mass is 306 g/mol. The lowest BCUT2D eigenvalue weighted by Crippen LogP contribution is -2.25. The second kappa shape index (κ2) is 9.95. The number of hydrogen-bond acceptors (Lipinski definition) is 4. The fourth-order valence-corrected chi connectivity index (χ4v) is 1.99. The van der Waals surface area contributed by atoms with Crippen molar-refractivity contribution in [3.63, 3.8) is 0 Å². The number of anilines is 1. The quantitative estimate of drug-likeness (QED) is 0.713. The van der Waals surface area contributed by atoms with Gasteiger partial charge in [-0.3, -0.25) is 4.79 Å². The van der Waals surface area contributed by atoms with Crippen LogP contribution in [0.3, 0.4) is 0 Å². The molecule has 0 bridgehead atoms. The summed E-state index contributed by atoms with van der Waals surface area (Å²) in [5.41, 5.74) is 1.06. The summed E-state index contributed by atoms with van der Waals surface area (Å²) in [7, 11) is 2.02. The van der Waals surface area contributed by atoms with E-state index < -0.39 is 0 Å². The molecule has 1 rings (SSSR count). The summed E-state index contributed by atoms with van der Waals surface area (Å²) in [6.07, 6.45) is 2.72. The van der Waals surface area contributed by atoms with Crippen LogP contribution < -0.4 is 5.32 Å². The molecule has 0 aliphatic heterocycles. The summed E-state index contributed by atoms with van der Waals surface area (Å²) in [5, 5.41) is 2.82. The van der Waals surface area contributed by atoms with Gasteiger partial charge in [0.05, 0.1) is 12.2 Å². The van der Waals surface area contributed by atoms with Crippen LogP contribution >= 0.6 is 0 Å². The van der Waals surface area contributed by atoms with Gasteiger partial charge >= 0.3 is 5.97 Å². The summed E-state index contributed by atoms with van der Waals surface area (Å²) >= 11 is 0. The van der Waals surface area contributed by atoms with Crippen molar-refractivity contribution in [1.29, 1.82) is 0 Å². The molecule has 0 saturated carbocycles. The Hall–Kier alpha value is -1.88. The lowest BCUT2D eigenvalue weighted by molar-refractivity contribution is -0.116. The first-order valence-electron chi connectivity index (χ1n) is 7.82. The molecule has 0 aliphatic carbocycles. The molecule has 0 aromatic heterocycles. The predicted octanol–water partition coefficient (Wildman–Crippen LogP) is 2.92. The maximum absolute atomic E-state index is 11.9. The number of esters is 1. The normalized spacial score (nSPS) is 10.5. The maximum atomic E-state index is 11.9. The molecule has 5 heteroatoms. The third-order valence-corrected chi connectivity index (χ3v) is 3.27. The first-order valence-corrected chi connectivity index (χ1v) is 7.82. The molecular weight excluding hydrogens is 280 g/mol. The Bertz CT molecular complexity index is 489. The largest absolute Gasteiger partial charge is 0.462 e. The molecule has 22 heavy (non-hydrogen) atoms. The van der Waals surface area contributed by atoms with E-state index in [9.17, 15) is 9.59 Å². The smallest absolute Gasteiger partial charge is 0.338 e. The van der Waals surface area contributed by atoms with Crippen molar-refractivity contribution in [3.8, 4) is 0 Å². The number of unbranched alkanes of at least 4 members (excludes halogenated alkanes) is 1. The van der Waals surface area contributed by atoms with Gasteiger partial charge in [0.25, 0.3) is 0 Å². The summed E-state index contributed by atoms with van der Waals surface area (Å²) in [6, 6.07) is 6.81. The maximum Gasteiger partial charge on any atom is 0.338 e. The summed E-state index contributed by atoms with van der Waals surface area (Å²) < 4.78 is 4.95. The SMILES string of the molecule is CCCCN(C)CCC(=O)Nc1cccc(C(=O)OCC)c1. The van der Waals surface area contributed by atoms with Crippen molar-refractivity contribution in [2.75, 3.05) is 32.1 Å². The molecule has 5 nitrogen and oxygen atoms in total. The number of ether oxygens (including phenoxy) is 1. The number of hydrogen-bond donors (Lipinski definition) is 1. The van der Waals surface area contributed by atoms with E-state index in [4.69, 9.17) is 4.74 Å². The molecule has 1 N–H and O–H groups in total. The van der Waals surface area contributed by atoms with Crippen LogP contribution in [0.5, 0.6) is 0 Å². The van der Waals surface area contributed by atoms with Crippen LogP contribution in [-0.2, 0) is 9.53 Å². The highest BCUT2D eigenvalue weighted by Crippen LogP contribution is 2.12. The zero-order chi connectivity index (χ0) is 16.4. The number of carbonyl (C=O) groups excluding carboxylic acids is 2. The van der Waals surface area contributed by atoms with E-state index in [1.54, 1.807) is 31.2 Å². The highest BCUT2D eigenvalue weighted by atomic mass is 16.5. The number of nitrogens with one attached hydrogen (secondary N) is 1. The first kappa shape index (κ1) is 18.2. The van der Waals surface area contributed by atoms with E-state index in [0.717, 1.165) is 25.9 Å². The van der Waals surface area contributed by atoms with Crippen LogP contribution in [0.1, 0.15) is 43.5 Å². The van der Waals surface area contributed by atoms with Gasteiger partial charge in [-0.1, -0.05) is 19.4 Å². The van der Waals surface area contributed by atoms with Gasteiger partial charge in [0.2, 0.25) is 5.91 Å². The van der Waals surface area contributed by atoms with Crippen molar-refractivity contribution >= 4 is 17.6 Å². The number of benzene rings is 1. The predicted molar refractivity (Wildman–Crippen MR) is 88.1 cm³/mol. The lowest BCUT2D eigenvalue weighted by atomic mass is 10.2. The molecule has 0 aliphatic rings. The van der Waals surface area contributed by atoms with Gasteiger partial charge in [0, 0.05) is 18.7 Å². The van der Waals surface area contributed by atoms with Crippen LogP contribution in [0.4, 0.5) is 5.69 Å². The Labute approximate surface area is 132 Å². The molecule has 0 saturated heterocycles. The highest BCUT2D eigenvalue weighted by Gasteiger charge is 2.09. The zero-order valence-corrected chi connectivity index (χ0v) is 13.7. The number of carbonyl (C=O) groups is 2. The highest BCUT2D eigenvalue weighted by molar-refractivity contribution is 5.94. The minimum absolute atomic E-state index is 0.0515. The Morgan fingerprint density at radius 3 is 2.68 bits per heavy atom. The van der Waals surface area contributed by atoms with Crippen molar-refractivity contribution < 1.29 is 14.3 Å². The molecule has 0 spiro atoms. The molecule has 0 fully saturated rings. The van der Waals surface area contributed by atoms with Gasteiger partial charge in [-0.2, -0.15) is 0 Å². The number of nitrogens with zero attached hydrogens (tertiary/aromatic N) is 1. The van der Waals surface area contributed by atoms with E-state index in [1.807, 2.05) is 7.05 Å². The zero-order valence-electron chi connectivity index (χ0n) is 13.7. The van der Waals surface area contributed by atoms with Crippen molar-refractivity contribution in [2.24, 2.45) is 0 Å². The van der Waals surface area contributed by atoms with Crippen molar-refractivity contribution in [2.45, 2.75) is 33.1 Å². The second-order valence-electron chi connectivity index (χ2n) is 5.26. The molecule has 0 unspecified atom stereocenters. The van der Waals surface area contributed by atoms with Crippen molar-refractivity contribution in [1.82, 2.24) is 4.90 Å². The Balaban J connectivity index is 2.47. The van der Waals surface area contributed by atoms with Gasteiger partial charge in [0.15, 0.2) is 0 Å². The Morgan fingerprint density at radius 1 is 1.23 bits per heavy atom. The molecule has 0 heterocycles. The molecule has 1 aromatic carbocycles. The van der Waals surface area contributed by atoms with Crippen LogP contribution in [0.2, 0.25) is 0 Å². The van der Waals surface area contributed by atoms with Crippen LogP contribution in [-0.4, -0.2) is 43.5 Å². The fraction of sp³-hybridized carbons (Fsp3) is 0.529. The average Bonchev–Trinajstić information content (AvgIpc) is 2.51. The van der Waals surface area contributed by atoms with Gasteiger partial charge in [-0.05, 0) is 45.1 Å². The molecule has 0 atom stereocenters. The topological polar surface area (TPSA) is 58.6 Å². The molecular formula is C17H26N2O3. The van der Waals surface area contributed by atoms with E-state index in [2.05, 4.69) is 17.1 Å². The first-order chi connectivity index (χ1) is 10.6. The van der Waals surface area contributed by atoms with Gasteiger partial charge in [0.1, 0.15) is 0 Å². The van der Waals surface area contributed by atoms with Gasteiger partial charge in [-0.25, -0.2) is 4.79 Å². The van der Waals surface area contributed by atoms with Crippen LogP contribution in [0.25, 0.3) is 0 Å². The molecule has 0 radical (unpaired) electrons. The second-order valence-corrected chi connectivity index (χ2v) is 5.26. The minimum Gasteiger partial charge on any atom is -0.462 e. The standard InChI is InChI=1S/C17H26N2O3/c1-4-6-11-19(3)12-10-16(20)18-15-9-7-8-14(13-15)17(21)22-5-2/h7-9,13H,4-6,10-12H2,1-3H3,(H,18,20). The molecule has 122 valence electrons. The Morgan fingerprint density at radius 2 is 2.00 bits per heavy atom. The summed E-state index contributed by atoms with van der Waals surface area (Å²) in [5.74, 6) is -0.428. The van der Waals surface area contributed by atoms with Crippen LogP contribution in [0, 0.1) is 0 Å². The van der Waals surface area contributed by atoms with E-state index in [-0.39, 0.29) is 11.9 Å². The number of amides is 1. The molecule has 1 aromatic rings. The third-order valence-electron chi connectivity index (χ3n) is 3.27. The summed E-state index contributed by atoms with van der Waals surface area (Å²) in [6.45, 7) is 5.97. The average molecular weight is 306 g/mol. The van der Waals surface area contributed by atoms with Gasteiger partial charge in [-0.15, -0.1) is 0 Å². The molecule has 1 amide bonds. The van der Waals surface area contributed by atoms with Gasteiger partial charge < -0.3 is 15.0 Å². The van der Waals surface area contributed by atoms with Crippen molar-refractivity contribution in [3.05, 3.63) is 29.8 Å². The summed E-state index contributed by atoms with van der Waals surface area (Å²) in [4.78, 5) is 25.8. The van der Waals surface area contributed by atoms with E-state index >= 15 is 0 Å². The lowest BCUT2D eigenvalue weighted by Gasteiger charge is -2.15. The van der Waals surface area contributed by atoms with Crippen LogP contribution in [0.15, 0.2) is 24.3 Å². The number of rotatable bonds is 9. The Kier molecular flexibility index (Phi) is 8.22. The fourth-order valence-electron chi connectivity index (χ4n) is 1.99.